The summed E-state index contributed by atoms with van der Waals surface area (Å²) in [7, 11) is 0. The quantitative estimate of drug-likeness (QED) is 0.514. The molecule has 4 aliphatic heterocycles. The molecule has 68 valence electrons. The fourth-order valence-corrected chi connectivity index (χ4v) is 2.62. The Morgan fingerprint density at radius 2 is 2.17 bits per heavy atom. The van der Waals surface area contributed by atoms with Gasteiger partial charge in [-0.2, -0.15) is 10.7 Å². The molecule has 0 aromatic rings. The first-order chi connectivity index (χ1) is 5.90. The molecule has 4 nitrogen and oxygen atoms in total. The van der Waals surface area contributed by atoms with Crippen molar-refractivity contribution in [3.8, 4) is 0 Å². The molecule has 4 saturated heterocycles. The Bertz CT molecular complexity index is 136. The van der Waals surface area contributed by atoms with Crippen LogP contribution in [0.3, 0.4) is 0 Å². The maximum atomic E-state index is 3.42. The van der Waals surface area contributed by atoms with Gasteiger partial charge in [0, 0.05) is 26.2 Å². The van der Waals surface area contributed by atoms with Crippen molar-refractivity contribution >= 4 is 0 Å². The van der Waals surface area contributed by atoms with E-state index in [1.807, 2.05) is 0 Å². The number of rotatable bonds is 0. The number of fused-ring (bicyclic) bond motifs is 2. The Morgan fingerprint density at radius 3 is 3.17 bits per heavy atom. The van der Waals surface area contributed by atoms with Crippen molar-refractivity contribution in [3.05, 3.63) is 0 Å². The van der Waals surface area contributed by atoms with Crippen LogP contribution >= 0.6 is 0 Å². The summed E-state index contributed by atoms with van der Waals surface area (Å²) in [6, 6.07) is 0. The molecular weight excluding hydrogens is 152 g/mol. The average molecular weight is 168 g/mol. The molecule has 4 heterocycles. The second kappa shape index (κ2) is 2.67. The third-order valence-electron chi connectivity index (χ3n) is 3.23. The second-order valence-corrected chi connectivity index (χ2v) is 4.28. The molecule has 4 heteroatoms. The van der Waals surface area contributed by atoms with Gasteiger partial charge >= 0.3 is 0 Å². The van der Waals surface area contributed by atoms with Gasteiger partial charge in [0.1, 0.15) is 0 Å². The van der Waals surface area contributed by atoms with E-state index in [9.17, 15) is 0 Å². The number of hydrazine groups is 3. The van der Waals surface area contributed by atoms with Crippen LogP contribution in [0.1, 0.15) is 12.8 Å². The van der Waals surface area contributed by atoms with Gasteiger partial charge in [-0.05, 0) is 24.7 Å². The van der Waals surface area contributed by atoms with Crippen molar-refractivity contribution in [3.63, 3.8) is 0 Å². The average Bonchev–Trinajstić information content (AvgIpc) is 2.44. The van der Waals surface area contributed by atoms with Crippen LogP contribution in [0.5, 0.6) is 0 Å². The van der Waals surface area contributed by atoms with Crippen LogP contribution in [0.4, 0.5) is 0 Å². The van der Waals surface area contributed by atoms with Gasteiger partial charge in [0.2, 0.25) is 0 Å². The van der Waals surface area contributed by atoms with Gasteiger partial charge < -0.3 is 0 Å². The first kappa shape index (κ1) is 7.26. The minimum atomic E-state index is 0.859. The molecule has 4 atom stereocenters. The zero-order valence-electron chi connectivity index (χ0n) is 7.29. The summed E-state index contributed by atoms with van der Waals surface area (Å²) in [5, 5.41) is 4.53. The van der Waals surface area contributed by atoms with Crippen LogP contribution in [0.2, 0.25) is 0 Å². The number of hydrogen-bond donors (Lipinski definition) is 2. The highest BCUT2D eigenvalue weighted by molar-refractivity contribution is 4.82. The Labute approximate surface area is 72.8 Å². The third kappa shape index (κ3) is 1.15. The lowest BCUT2D eigenvalue weighted by Gasteiger charge is -2.26. The fraction of sp³-hybridized carbons (Fsp3) is 1.00. The van der Waals surface area contributed by atoms with Crippen LogP contribution < -0.4 is 11.0 Å². The highest BCUT2D eigenvalue weighted by Gasteiger charge is 2.33. The van der Waals surface area contributed by atoms with E-state index in [-0.39, 0.29) is 0 Å². The van der Waals surface area contributed by atoms with Crippen molar-refractivity contribution in [2.24, 2.45) is 11.8 Å². The van der Waals surface area contributed by atoms with E-state index in [1.54, 1.807) is 0 Å². The van der Waals surface area contributed by atoms with E-state index >= 15 is 0 Å². The van der Waals surface area contributed by atoms with E-state index in [2.05, 4.69) is 21.1 Å². The van der Waals surface area contributed by atoms with Crippen LogP contribution in [0.15, 0.2) is 0 Å². The Morgan fingerprint density at radius 1 is 1.17 bits per heavy atom. The van der Waals surface area contributed by atoms with Gasteiger partial charge in [0.25, 0.3) is 0 Å². The van der Waals surface area contributed by atoms with E-state index in [1.165, 1.54) is 32.5 Å². The van der Waals surface area contributed by atoms with Crippen LogP contribution in [0.25, 0.3) is 0 Å². The lowest BCUT2D eigenvalue weighted by molar-refractivity contribution is 0.0126. The van der Waals surface area contributed by atoms with Gasteiger partial charge in [-0.1, -0.05) is 0 Å². The zero-order valence-corrected chi connectivity index (χ0v) is 7.29. The third-order valence-corrected chi connectivity index (χ3v) is 3.23. The maximum Gasteiger partial charge on any atom is 0.0330 e. The van der Waals surface area contributed by atoms with E-state index < -0.39 is 0 Å². The number of nitrogens with zero attached hydrogens (tertiary/aromatic N) is 2. The molecule has 0 aromatic carbocycles. The predicted molar refractivity (Wildman–Crippen MR) is 45.6 cm³/mol. The Hall–Kier alpha value is -0.160. The number of nitrogens with one attached hydrogen (secondary N) is 2. The molecule has 0 amide bonds. The van der Waals surface area contributed by atoms with Crippen molar-refractivity contribution in [2.75, 3.05) is 26.2 Å². The molecule has 0 spiro atoms. The fourth-order valence-electron chi connectivity index (χ4n) is 2.62. The van der Waals surface area contributed by atoms with Crippen LogP contribution in [0, 0.1) is 11.8 Å². The van der Waals surface area contributed by atoms with Gasteiger partial charge in [-0.15, -0.1) is 0 Å². The Balaban J connectivity index is 1.91. The predicted octanol–water partition coefficient (Wildman–Crippen LogP) is -0.432. The standard InChI is InChI=1S/C8H16N4/c1-2-11-5-8-3-7(1)6-12(10-11)9-4-8/h7-10H,1-6H2. The summed E-state index contributed by atoms with van der Waals surface area (Å²) in [5.74, 6) is 1.77. The van der Waals surface area contributed by atoms with Crippen molar-refractivity contribution in [2.45, 2.75) is 12.8 Å². The smallest absolute Gasteiger partial charge is 0.0330 e. The molecular formula is C8H16N4. The van der Waals surface area contributed by atoms with Crippen molar-refractivity contribution in [1.82, 2.24) is 21.1 Å². The molecule has 0 aliphatic carbocycles. The minimum absolute atomic E-state index is 0.859. The molecule has 4 fully saturated rings. The molecule has 0 radical (unpaired) electrons. The minimum Gasteiger partial charge on any atom is -0.240 e. The summed E-state index contributed by atoms with van der Waals surface area (Å²) in [4.78, 5) is 0. The molecule has 4 aliphatic rings. The SMILES string of the molecule is C1CN2CC3CNN(CC1C3)N2. The van der Waals surface area contributed by atoms with E-state index in [0.29, 0.717) is 0 Å². The number of hydrogen-bond acceptors (Lipinski definition) is 4. The highest BCUT2D eigenvalue weighted by Crippen LogP contribution is 2.26. The monoisotopic (exact) mass is 168 g/mol. The van der Waals surface area contributed by atoms with Gasteiger partial charge in [0.15, 0.2) is 0 Å². The summed E-state index contributed by atoms with van der Waals surface area (Å²) in [6.45, 7) is 4.77. The first-order valence-corrected chi connectivity index (χ1v) is 4.92. The van der Waals surface area contributed by atoms with Gasteiger partial charge in [-0.25, -0.2) is 10.4 Å². The van der Waals surface area contributed by atoms with Crippen LogP contribution in [-0.2, 0) is 0 Å². The molecule has 2 N–H and O–H groups in total. The Kier molecular flexibility index (Phi) is 1.61. The zero-order chi connectivity index (χ0) is 7.97. The normalized spacial score (nSPS) is 52.0. The highest BCUT2D eigenvalue weighted by atomic mass is 15.9. The first-order valence-electron chi connectivity index (χ1n) is 4.92. The molecule has 0 aromatic heterocycles. The van der Waals surface area contributed by atoms with E-state index in [4.69, 9.17) is 0 Å². The lowest BCUT2D eigenvalue weighted by Crippen LogP contribution is -2.52. The molecule has 0 saturated carbocycles. The topological polar surface area (TPSA) is 30.5 Å². The molecule has 12 heavy (non-hydrogen) atoms. The molecule has 4 unspecified atom stereocenters. The largest absolute Gasteiger partial charge is 0.240 e. The summed E-state index contributed by atoms with van der Waals surface area (Å²) in [5.41, 5.74) is 6.82. The lowest BCUT2D eigenvalue weighted by atomic mass is 9.94. The second-order valence-electron chi connectivity index (χ2n) is 4.28. The summed E-state index contributed by atoms with van der Waals surface area (Å²) in [6.07, 6.45) is 2.78. The molecule has 4 bridgehead atoms. The van der Waals surface area contributed by atoms with Gasteiger partial charge in [0.05, 0.1) is 0 Å². The van der Waals surface area contributed by atoms with Crippen molar-refractivity contribution < 1.29 is 0 Å². The van der Waals surface area contributed by atoms with Gasteiger partial charge in [-0.3, -0.25) is 0 Å². The summed E-state index contributed by atoms with van der Waals surface area (Å²) >= 11 is 0. The maximum absolute atomic E-state index is 3.42. The molecule has 4 rings (SSSR count). The summed E-state index contributed by atoms with van der Waals surface area (Å²) < 4.78 is 0. The van der Waals surface area contributed by atoms with Crippen molar-refractivity contribution in [1.29, 1.82) is 0 Å². The van der Waals surface area contributed by atoms with E-state index in [0.717, 1.165) is 18.4 Å². The van der Waals surface area contributed by atoms with Crippen LogP contribution in [-0.4, -0.2) is 36.3 Å².